The minimum atomic E-state index is -1.37. The van der Waals surface area contributed by atoms with Crippen LogP contribution < -0.4 is 27.0 Å². The second kappa shape index (κ2) is 23.5. The molecular weight excluding hydrogens is 668 g/mol. The van der Waals surface area contributed by atoms with Gasteiger partial charge in [-0.25, -0.2) is 14.6 Å². The molecule has 0 radical (unpaired) electrons. The third-order valence-corrected chi connectivity index (χ3v) is 8.63. The van der Waals surface area contributed by atoms with Crippen molar-refractivity contribution in [3.8, 4) is 0 Å². The minimum Gasteiger partial charge on any atom is -0.480 e. The standard InChI is InChI=1S/C37H56N8O7/c1-5-7-8-9-11-20-39-21-12-10-13-29(36(49)50)43-31(46)19-18-30(37(51)52)44-34(47)26-14-16-27(17-15-26)41-23-28-22-40-25(4)32(42-28)35(48)45-33(38)24(3)6-2/h14-17,22,24,29-30,39,41H,5-13,18-21,23H2,1-4H3,(H,43,46)(H,44,47)(H,49,50)(H,51,52)(H2,38,45,48). The van der Waals surface area contributed by atoms with Crippen LogP contribution in [0.5, 0.6) is 0 Å². The second-order valence-corrected chi connectivity index (χ2v) is 12.9. The number of amidine groups is 1. The van der Waals surface area contributed by atoms with Crippen molar-refractivity contribution in [3.63, 3.8) is 0 Å². The highest BCUT2D eigenvalue weighted by Crippen LogP contribution is 2.13. The lowest BCUT2D eigenvalue weighted by Gasteiger charge is -2.17. The van der Waals surface area contributed by atoms with Gasteiger partial charge in [0.15, 0.2) is 5.69 Å². The first kappa shape index (κ1) is 43.2. The van der Waals surface area contributed by atoms with Crippen LogP contribution in [0.1, 0.15) is 124 Å². The maximum Gasteiger partial charge on any atom is 0.326 e. The van der Waals surface area contributed by atoms with Gasteiger partial charge in [-0.2, -0.15) is 4.99 Å². The van der Waals surface area contributed by atoms with Crippen molar-refractivity contribution < 1.29 is 34.2 Å². The predicted molar refractivity (Wildman–Crippen MR) is 199 cm³/mol. The lowest BCUT2D eigenvalue weighted by molar-refractivity contribution is -0.142. The fraction of sp³-hybridized carbons (Fsp3) is 0.568. The van der Waals surface area contributed by atoms with E-state index in [-0.39, 0.29) is 48.8 Å². The molecule has 286 valence electrons. The van der Waals surface area contributed by atoms with Gasteiger partial charge in [-0.1, -0.05) is 46.5 Å². The summed E-state index contributed by atoms with van der Waals surface area (Å²) < 4.78 is 0. The molecule has 3 unspecified atom stereocenters. The number of carbonyl (C=O) groups is 5. The molecule has 3 atom stereocenters. The first-order valence-corrected chi connectivity index (χ1v) is 18.2. The van der Waals surface area contributed by atoms with Crippen molar-refractivity contribution in [1.29, 1.82) is 0 Å². The zero-order valence-electron chi connectivity index (χ0n) is 30.9. The number of anilines is 1. The highest BCUT2D eigenvalue weighted by molar-refractivity contribution is 6.02. The third-order valence-electron chi connectivity index (χ3n) is 8.63. The van der Waals surface area contributed by atoms with Gasteiger partial charge >= 0.3 is 11.9 Å². The molecule has 2 rings (SSSR count). The summed E-state index contributed by atoms with van der Waals surface area (Å²) in [5, 5.41) is 30.6. The number of aryl methyl sites for hydroxylation is 1. The minimum absolute atomic E-state index is 0.0469. The molecule has 0 spiro atoms. The van der Waals surface area contributed by atoms with Crippen LogP contribution in [-0.4, -0.2) is 80.8 Å². The van der Waals surface area contributed by atoms with E-state index < -0.39 is 41.7 Å². The second-order valence-electron chi connectivity index (χ2n) is 12.9. The Balaban J connectivity index is 1.84. The average molecular weight is 725 g/mol. The number of unbranched alkanes of at least 4 members (excludes halogenated alkanes) is 5. The van der Waals surface area contributed by atoms with E-state index in [0.29, 0.717) is 23.5 Å². The molecule has 0 aliphatic carbocycles. The molecule has 0 bridgehead atoms. The first-order valence-electron chi connectivity index (χ1n) is 18.2. The number of carboxylic acids is 2. The van der Waals surface area contributed by atoms with Crippen molar-refractivity contribution >= 4 is 41.2 Å². The summed E-state index contributed by atoms with van der Waals surface area (Å²) in [6.07, 6.45) is 9.39. The van der Waals surface area contributed by atoms with E-state index in [2.05, 4.69) is 43.2 Å². The van der Waals surface area contributed by atoms with E-state index >= 15 is 0 Å². The number of benzene rings is 1. The maximum absolute atomic E-state index is 12.9. The van der Waals surface area contributed by atoms with Gasteiger partial charge in [0.1, 0.15) is 17.9 Å². The van der Waals surface area contributed by atoms with E-state index in [1.165, 1.54) is 44.0 Å². The Morgan fingerprint density at radius 1 is 0.865 bits per heavy atom. The van der Waals surface area contributed by atoms with Crippen LogP contribution in [0.3, 0.4) is 0 Å². The Kier molecular flexibility index (Phi) is 19.6. The molecular formula is C37H56N8O7. The summed E-state index contributed by atoms with van der Waals surface area (Å²) in [6, 6.07) is 3.81. The number of amides is 3. The van der Waals surface area contributed by atoms with E-state index in [4.69, 9.17) is 5.73 Å². The van der Waals surface area contributed by atoms with Crippen LogP contribution in [0.2, 0.25) is 0 Å². The Bertz CT molecular complexity index is 1500. The number of nitrogens with zero attached hydrogens (tertiary/aromatic N) is 3. The molecule has 0 saturated carbocycles. The van der Waals surface area contributed by atoms with Gasteiger partial charge in [-0.3, -0.25) is 19.4 Å². The normalized spacial score (nSPS) is 13.1. The van der Waals surface area contributed by atoms with Gasteiger partial charge in [0.25, 0.3) is 11.8 Å². The lowest BCUT2D eigenvalue weighted by atomic mass is 10.1. The Labute approximate surface area is 306 Å². The molecule has 0 fully saturated rings. The topological polar surface area (TPSA) is 238 Å². The molecule has 0 saturated heterocycles. The van der Waals surface area contributed by atoms with Gasteiger partial charge in [0.2, 0.25) is 5.91 Å². The van der Waals surface area contributed by atoms with Crippen LogP contribution in [0.4, 0.5) is 5.69 Å². The van der Waals surface area contributed by atoms with Gasteiger partial charge < -0.3 is 37.2 Å². The van der Waals surface area contributed by atoms with E-state index in [1.807, 2.05) is 13.8 Å². The number of aromatic nitrogens is 2. The highest BCUT2D eigenvalue weighted by atomic mass is 16.4. The van der Waals surface area contributed by atoms with Crippen molar-refractivity contribution in [3.05, 3.63) is 53.1 Å². The lowest BCUT2D eigenvalue weighted by Crippen LogP contribution is -2.44. The molecule has 3 amide bonds. The van der Waals surface area contributed by atoms with Crippen molar-refractivity contribution in [2.75, 3.05) is 18.4 Å². The average Bonchev–Trinajstić information content (AvgIpc) is 3.12. The summed E-state index contributed by atoms with van der Waals surface area (Å²) in [5.41, 5.74) is 7.75. The summed E-state index contributed by atoms with van der Waals surface area (Å²) >= 11 is 0. The molecule has 15 heteroatoms. The van der Waals surface area contributed by atoms with Gasteiger partial charge in [-0.15, -0.1) is 0 Å². The van der Waals surface area contributed by atoms with Crippen molar-refractivity contribution in [1.82, 2.24) is 25.9 Å². The number of carbonyl (C=O) groups excluding carboxylic acids is 3. The van der Waals surface area contributed by atoms with Gasteiger partial charge in [0, 0.05) is 23.6 Å². The fourth-order valence-corrected chi connectivity index (χ4v) is 5.07. The van der Waals surface area contributed by atoms with Crippen LogP contribution in [-0.2, 0) is 20.9 Å². The summed E-state index contributed by atoms with van der Waals surface area (Å²) in [7, 11) is 0. The van der Waals surface area contributed by atoms with Crippen LogP contribution >= 0.6 is 0 Å². The molecule has 0 aliphatic heterocycles. The highest BCUT2D eigenvalue weighted by Gasteiger charge is 2.24. The number of aliphatic carboxylic acids is 2. The molecule has 0 aliphatic rings. The van der Waals surface area contributed by atoms with Crippen LogP contribution in [0.15, 0.2) is 35.5 Å². The first-order chi connectivity index (χ1) is 24.9. The molecule has 1 aromatic heterocycles. The number of hydrogen-bond acceptors (Lipinski definition) is 9. The van der Waals surface area contributed by atoms with E-state index in [1.54, 1.807) is 19.1 Å². The Morgan fingerprint density at radius 2 is 1.50 bits per heavy atom. The quantitative estimate of drug-likeness (QED) is 0.0433. The van der Waals surface area contributed by atoms with Crippen LogP contribution in [0.25, 0.3) is 0 Å². The molecule has 1 aromatic carbocycles. The smallest absolute Gasteiger partial charge is 0.326 e. The molecule has 52 heavy (non-hydrogen) atoms. The molecule has 15 nitrogen and oxygen atoms in total. The van der Waals surface area contributed by atoms with Crippen LogP contribution in [0, 0.1) is 12.8 Å². The number of nitrogens with one attached hydrogen (secondary N) is 4. The molecule has 1 heterocycles. The largest absolute Gasteiger partial charge is 0.480 e. The zero-order valence-corrected chi connectivity index (χ0v) is 30.9. The number of rotatable bonds is 25. The van der Waals surface area contributed by atoms with E-state index in [0.717, 1.165) is 32.4 Å². The zero-order chi connectivity index (χ0) is 38.5. The molecule has 2 aromatic rings. The molecule has 8 N–H and O–H groups in total. The number of hydrogen-bond donors (Lipinski definition) is 7. The fourth-order valence-electron chi connectivity index (χ4n) is 5.07. The number of aliphatic imine (C=N–C) groups is 1. The monoisotopic (exact) mass is 724 g/mol. The summed E-state index contributed by atoms with van der Waals surface area (Å²) in [5.74, 6) is -4.11. The predicted octanol–water partition coefficient (Wildman–Crippen LogP) is 4.20. The van der Waals surface area contributed by atoms with Gasteiger partial charge in [0.05, 0.1) is 24.1 Å². The SMILES string of the molecule is CCCCCCCNCCCCC(NC(=O)CCC(NC(=O)c1ccc(NCc2cnc(C)c(C(=O)N=C(N)C(C)CC)n2)cc1)C(=O)O)C(=O)O. The van der Waals surface area contributed by atoms with E-state index in [9.17, 15) is 34.2 Å². The number of nitrogens with two attached hydrogens (primary N) is 1. The Hall–Kier alpha value is -4.92. The van der Waals surface area contributed by atoms with Crippen molar-refractivity contribution in [2.45, 2.75) is 117 Å². The summed E-state index contributed by atoms with van der Waals surface area (Å²) in [6.45, 7) is 9.57. The van der Waals surface area contributed by atoms with Gasteiger partial charge in [-0.05, 0) is 82.8 Å². The maximum atomic E-state index is 12.9. The summed E-state index contributed by atoms with van der Waals surface area (Å²) in [4.78, 5) is 74.3. The van der Waals surface area contributed by atoms with Crippen molar-refractivity contribution in [2.24, 2.45) is 16.6 Å². The Morgan fingerprint density at radius 3 is 2.13 bits per heavy atom. The number of carboxylic acid groups (broad SMARTS) is 2. The third kappa shape index (κ3) is 16.0.